The van der Waals surface area contributed by atoms with Crippen LogP contribution in [0.4, 0.5) is 17.6 Å². The number of benzene rings is 1. The zero-order valence-corrected chi connectivity index (χ0v) is 7.66. The Bertz CT molecular complexity index is 459. The minimum Gasteiger partial charge on any atom is -0.396 e. The number of rotatable bonds is 3. The number of hydrogen-bond donors (Lipinski definition) is 1. The Hall–Kier alpha value is -1.79. The number of hydrogen-bond acceptors (Lipinski definition) is 2. The summed E-state index contributed by atoms with van der Waals surface area (Å²) < 4.78 is 51.2. The van der Waals surface area contributed by atoms with Crippen molar-refractivity contribution in [3.8, 4) is 0 Å². The molecule has 1 atom stereocenters. The largest absolute Gasteiger partial charge is 0.396 e. The average molecular weight is 235 g/mol. The van der Waals surface area contributed by atoms with Gasteiger partial charge in [0.2, 0.25) is 0 Å². The summed E-state index contributed by atoms with van der Waals surface area (Å²) in [5.41, 5.74) is 7.34. The lowest BCUT2D eigenvalue weighted by molar-refractivity contribution is 0.263. The second-order valence-corrected chi connectivity index (χ2v) is 2.79. The van der Waals surface area contributed by atoms with Gasteiger partial charge < -0.3 is 5.11 Å². The van der Waals surface area contributed by atoms with E-state index < -0.39 is 41.5 Å². The van der Waals surface area contributed by atoms with Crippen LogP contribution in [0.15, 0.2) is 11.2 Å². The van der Waals surface area contributed by atoms with E-state index in [4.69, 9.17) is 10.6 Å². The molecule has 86 valence electrons. The van der Waals surface area contributed by atoms with Gasteiger partial charge in [-0.2, -0.15) is 0 Å². The molecule has 0 aliphatic carbocycles. The van der Waals surface area contributed by atoms with Crippen molar-refractivity contribution >= 4 is 0 Å². The van der Waals surface area contributed by atoms with Crippen molar-refractivity contribution in [2.45, 2.75) is 6.04 Å². The summed E-state index contributed by atoms with van der Waals surface area (Å²) in [5, 5.41) is 11.6. The van der Waals surface area contributed by atoms with E-state index >= 15 is 0 Å². The van der Waals surface area contributed by atoms with Crippen LogP contribution in [0.5, 0.6) is 0 Å². The molecule has 0 spiro atoms. The fourth-order valence-corrected chi connectivity index (χ4v) is 1.09. The molecule has 1 aromatic rings. The molecule has 1 aromatic carbocycles. The summed E-state index contributed by atoms with van der Waals surface area (Å²) in [6, 6.07) is -1.17. The Labute approximate surface area is 86.8 Å². The van der Waals surface area contributed by atoms with E-state index in [1.165, 1.54) is 0 Å². The van der Waals surface area contributed by atoms with E-state index in [1.54, 1.807) is 0 Å². The van der Waals surface area contributed by atoms with Crippen molar-refractivity contribution in [2.75, 3.05) is 6.61 Å². The van der Waals surface area contributed by atoms with Crippen molar-refractivity contribution in [3.05, 3.63) is 45.3 Å². The van der Waals surface area contributed by atoms with Crippen LogP contribution in [-0.2, 0) is 0 Å². The maximum absolute atomic E-state index is 13.1. The van der Waals surface area contributed by atoms with Crippen molar-refractivity contribution < 1.29 is 22.7 Å². The molecule has 0 bridgehead atoms. The predicted octanol–water partition coefficient (Wildman–Crippen LogP) is 2.59. The smallest absolute Gasteiger partial charge is 0.197 e. The molecule has 1 N–H and O–H groups in total. The van der Waals surface area contributed by atoms with E-state index in [2.05, 4.69) is 10.0 Å². The fourth-order valence-electron chi connectivity index (χ4n) is 1.09. The lowest BCUT2D eigenvalue weighted by atomic mass is 10.1. The SMILES string of the molecule is [N-]=[N+]=NC(CO)c1cc(F)c(F)c(F)c1F. The van der Waals surface area contributed by atoms with Gasteiger partial charge in [-0.3, -0.25) is 0 Å². The standard InChI is InChI=1S/C8H5F4N3O/c9-4-1-3(5(2-16)14-15-13)6(10)8(12)7(4)11/h1,5,16H,2H2. The Balaban J connectivity index is 3.39. The number of halogens is 4. The van der Waals surface area contributed by atoms with Gasteiger partial charge in [-0.05, 0) is 11.6 Å². The summed E-state index contributed by atoms with van der Waals surface area (Å²) in [5.74, 6) is -7.29. The highest BCUT2D eigenvalue weighted by Gasteiger charge is 2.23. The van der Waals surface area contributed by atoms with Gasteiger partial charge in [0.25, 0.3) is 0 Å². The fraction of sp³-hybridized carbons (Fsp3) is 0.250. The summed E-state index contributed by atoms with van der Waals surface area (Å²) in [7, 11) is 0. The molecule has 16 heavy (non-hydrogen) atoms. The first kappa shape index (κ1) is 12.3. The number of azide groups is 1. The normalized spacial score (nSPS) is 12.1. The third-order valence-electron chi connectivity index (χ3n) is 1.85. The first-order valence-electron chi connectivity index (χ1n) is 4.00. The van der Waals surface area contributed by atoms with Crippen LogP contribution in [0.1, 0.15) is 11.6 Å². The van der Waals surface area contributed by atoms with Gasteiger partial charge in [-0.1, -0.05) is 5.11 Å². The number of aliphatic hydroxyl groups is 1. The van der Waals surface area contributed by atoms with Crippen LogP contribution in [-0.4, -0.2) is 11.7 Å². The molecule has 0 saturated carbocycles. The first-order valence-corrected chi connectivity index (χ1v) is 4.00. The summed E-state index contributed by atoms with van der Waals surface area (Å²) in [6.07, 6.45) is 0. The number of aliphatic hydroxyl groups excluding tert-OH is 1. The third-order valence-corrected chi connectivity index (χ3v) is 1.85. The first-order chi connectivity index (χ1) is 7.52. The van der Waals surface area contributed by atoms with E-state index in [0.29, 0.717) is 6.07 Å². The van der Waals surface area contributed by atoms with Crippen LogP contribution in [0.25, 0.3) is 10.4 Å². The summed E-state index contributed by atoms with van der Waals surface area (Å²) in [6.45, 7) is -0.856. The third kappa shape index (κ3) is 2.07. The van der Waals surface area contributed by atoms with Crippen molar-refractivity contribution in [2.24, 2.45) is 5.11 Å². The van der Waals surface area contributed by atoms with E-state index in [9.17, 15) is 17.6 Å². The van der Waals surface area contributed by atoms with Crippen molar-refractivity contribution in [1.29, 1.82) is 0 Å². The zero-order valence-electron chi connectivity index (χ0n) is 7.66. The molecule has 0 radical (unpaired) electrons. The van der Waals surface area contributed by atoms with Crippen molar-refractivity contribution in [1.82, 2.24) is 0 Å². The Morgan fingerprint density at radius 1 is 1.25 bits per heavy atom. The minimum absolute atomic E-state index is 0.337. The van der Waals surface area contributed by atoms with Crippen LogP contribution < -0.4 is 0 Å². The summed E-state index contributed by atoms with van der Waals surface area (Å²) >= 11 is 0. The molecule has 0 aliphatic heterocycles. The Morgan fingerprint density at radius 2 is 1.88 bits per heavy atom. The monoisotopic (exact) mass is 235 g/mol. The molecule has 4 nitrogen and oxygen atoms in total. The predicted molar refractivity (Wildman–Crippen MR) is 45.2 cm³/mol. The lowest BCUT2D eigenvalue weighted by Gasteiger charge is -2.10. The van der Waals surface area contributed by atoms with E-state index in [1.807, 2.05) is 0 Å². The van der Waals surface area contributed by atoms with Crippen LogP contribution in [0.3, 0.4) is 0 Å². The van der Waals surface area contributed by atoms with E-state index in [-0.39, 0.29) is 0 Å². The molecule has 0 aliphatic rings. The highest BCUT2D eigenvalue weighted by molar-refractivity contribution is 5.25. The molecule has 0 fully saturated rings. The second-order valence-electron chi connectivity index (χ2n) is 2.79. The zero-order chi connectivity index (χ0) is 12.3. The molecule has 0 saturated heterocycles. The molecule has 0 heterocycles. The van der Waals surface area contributed by atoms with Gasteiger partial charge in [-0.15, -0.1) is 0 Å². The molecule has 1 unspecified atom stereocenters. The van der Waals surface area contributed by atoms with Gasteiger partial charge >= 0.3 is 0 Å². The number of nitrogens with zero attached hydrogens (tertiary/aromatic N) is 3. The van der Waals surface area contributed by atoms with Crippen LogP contribution in [0.2, 0.25) is 0 Å². The topological polar surface area (TPSA) is 69.0 Å². The maximum Gasteiger partial charge on any atom is 0.197 e. The van der Waals surface area contributed by atoms with Crippen LogP contribution in [0, 0.1) is 23.3 Å². The second kappa shape index (κ2) is 4.82. The van der Waals surface area contributed by atoms with Gasteiger partial charge in [0.1, 0.15) is 0 Å². The maximum atomic E-state index is 13.1. The van der Waals surface area contributed by atoms with Crippen molar-refractivity contribution in [3.63, 3.8) is 0 Å². The molecule has 1 rings (SSSR count). The lowest BCUT2D eigenvalue weighted by Crippen LogP contribution is -2.08. The molecule has 0 aromatic heterocycles. The Morgan fingerprint density at radius 3 is 2.38 bits per heavy atom. The molecular formula is C8H5F4N3O. The van der Waals surface area contributed by atoms with Gasteiger partial charge in [0.05, 0.1) is 12.6 Å². The highest BCUT2D eigenvalue weighted by Crippen LogP contribution is 2.25. The molecular weight excluding hydrogens is 230 g/mol. The minimum atomic E-state index is -2.01. The van der Waals surface area contributed by atoms with Crippen LogP contribution >= 0.6 is 0 Å². The Kier molecular flexibility index (Phi) is 3.70. The van der Waals surface area contributed by atoms with Gasteiger partial charge in [0, 0.05) is 10.5 Å². The van der Waals surface area contributed by atoms with Gasteiger partial charge in [-0.25, -0.2) is 17.6 Å². The molecule has 8 heteroatoms. The quantitative estimate of drug-likeness (QED) is 0.214. The summed E-state index contributed by atoms with van der Waals surface area (Å²) in [4.78, 5) is 2.27. The average Bonchev–Trinajstić information content (AvgIpc) is 2.28. The van der Waals surface area contributed by atoms with Gasteiger partial charge in [0.15, 0.2) is 23.3 Å². The molecule has 0 amide bonds. The van der Waals surface area contributed by atoms with E-state index in [0.717, 1.165) is 0 Å². The highest BCUT2D eigenvalue weighted by atomic mass is 19.2.